The molecule has 16 heavy (non-hydrogen) atoms. The second-order valence-corrected chi connectivity index (χ2v) is 4.34. The second-order valence-electron chi connectivity index (χ2n) is 4.34. The smallest absolute Gasteiger partial charge is 0.146 e. The van der Waals surface area contributed by atoms with Crippen LogP contribution in [0.4, 0.5) is 10.1 Å². The zero-order valence-electron chi connectivity index (χ0n) is 9.51. The number of halogens is 1. The Bertz CT molecular complexity index is 321. The van der Waals surface area contributed by atoms with Gasteiger partial charge in [0.25, 0.3) is 0 Å². The molecule has 1 heterocycles. The lowest BCUT2D eigenvalue weighted by Crippen LogP contribution is -2.35. The molecule has 2 N–H and O–H groups in total. The van der Waals surface area contributed by atoms with Gasteiger partial charge in [0.2, 0.25) is 0 Å². The van der Waals surface area contributed by atoms with Gasteiger partial charge >= 0.3 is 0 Å². The van der Waals surface area contributed by atoms with Crippen molar-refractivity contribution in [1.29, 1.82) is 0 Å². The van der Waals surface area contributed by atoms with Gasteiger partial charge in [0.1, 0.15) is 5.82 Å². The summed E-state index contributed by atoms with van der Waals surface area (Å²) in [6.07, 6.45) is 4.92. The fourth-order valence-corrected chi connectivity index (χ4v) is 2.16. The first-order valence-corrected chi connectivity index (χ1v) is 6.08. The van der Waals surface area contributed by atoms with E-state index in [-0.39, 0.29) is 5.82 Å². The summed E-state index contributed by atoms with van der Waals surface area (Å²) in [4.78, 5) is 0. The second kappa shape index (κ2) is 5.85. The van der Waals surface area contributed by atoms with E-state index in [9.17, 15) is 4.39 Å². The van der Waals surface area contributed by atoms with E-state index in [0.29, 0.717) is 11.7 Å². The minimum atomic E-state index is -0.167. The van der Waals surface area contributed by atoms with Gasteiger partial charge in [-0.1, -0.05) is 18.6 Å². The van der Waals surface area contributed by atoms with Crippen molar-refractivity contribution < 1.29 is 4.39 Å². The van der Waals surface area contributed by atoms with Crippen LogP contribution >= 0.6 is 0 Å². The van der Waals surface area contributed by atoms with Gasteiger partial charge in [-0.3, -0.25) is 0 Å². The highest BCUT2D eigenvalue weighted by molar-refractivity contribution is 5.44. The SMILES string of the molecule is Fc1ccccc1NCCC1CCCCN1. The normalized spacial score (nSPS) is 20.7. The monoisotopic (exact) mass is 222 g/mol. The van der Waals surface area contributed by atoms with Crippen molar-refractivity contribution in [1.82, 2.24) is 5.32 Å². The van der Waals surface area contributed by atoms with E-state index in [1.807, 2.05) is 6.07 Å². The molecule has 1 aliphatic heterocycles. The van der Waals surface area contributed by atoms with Gasteiger partial charge < -0.3 is 10.6 Å². The van der Waals surface area contributed by atoms with Gasteiger partial charge in [-0.2, -0.15) is 0 Å². The molecule has 1 aromatic rings. The van der Waals surface area contributed by atoms with Crippen molar-refractivity contribution in [3.8, 4) is 0 Å². The molecule has 1 atom stereocenters. The van der Waals surface area contributed by atoms with Gasteiger partial charge in [0.15, 0.2) is 0 Å². The molecule has 0 saturated carbocycles. The third-order valence-corrected chi connectivity index (χ3v) is 3.09. The van der Waals surface area contributed by atoms with Gasteiger partial charge in [0.05, 0.1) is 5.69 Å². The highest BCUT2D eigenvalue weighted by Gasteiger charge is 2.11. The van der Waals surface area contributed by atoms with E-state index in [2.05, 4.69) is 10.6 Å². The van der Waals surface area contributed by atoms with Crippen LogP contribution in [0, 0.1) is 5.82 Å². The predicted molar refractivity (Wildman–Crippen MR) is 65.1 cm³/mol. The Morgan fingerprint density at radius 1 is 1.31 bits per heavy atom. The first-order chi connectivity index (χ1) is 7.86. The maximum Gasteiger partial charge on any atom is 0.146 e. The Morgan fingerprint density at radius 3 is 2.94 bits per heavy atom. The van der Waals surface area contributed by atoms with E-state index >= 15 is 0 Å². The molecule has 88 valence electrons. The van der Waals surface area contributed by atoms with Crippen LogP contribution in [0.5, 0.6) is 0 Å². The number of hydrogen-bond acceptors (Lipinski definition) is 2. The molecule has 0 bridgehead atoms. The van der Waals surface area contributed by atoms with E-state index < -0.39 is 0 Å². The predicted octanol–water partition coefficient (Wildman–Crippen LogP) is 2.77. The Balaban J connectivity index is 1.73. The summed E-state index contributed by atoms with van der Waals surface area (Å²) in [6, 6.07) is 7.44. The quantitative estimate of drug-likeness (QED) is 0.818. The Morgan fingerprint density at radius 2 is 2.19 bits per heavy atom. The lowest BCUT2D eigenvalue weighted by Gasteiger charge is -2.23. The van der Waals surface area contributed by atoms with E-state index in [4.69, 9.17) is 0 Å². The van der Waals surface area contributed by atoms with Crippen molar-refractivity contribution in [2.24, 2.45) is 0 Å². The van der Waals surface area contributed by atoms with Gasteiger partial charge in [0, 0.05) is 12.6 Å². The minimum Gasteiger partial charge on any atom is -0.383 e. The zero-order chi connectivity index (χ0) is 11.2. The van der Waals surface area contributed by atoms with Crippen molar-refractivity contribution in [2.75, 3.05) is 18.4 Å². The molecule has 0 aromatic heterocycles. The highest BCUT2D eigenvalue weighted by atomic mass is 19.1. The molecule has 0 aliphatic carbocycles. The molecule has 0 radical (unpaired) electrons. The number of nitrogens with one attached hydrogen (secondary N) is 2. The molecular formula is C13H19FN2. The Hall–Kier alpha value is -1.09. The summed E-state index contributed by atoms with van der Waals surface area (Å²) in [7, 11) is 0. The van der Waals surface area contributed by atoms with Crippen LogP contribution in [0.2, 0.25) is 0 Å². The lowest BCUT2D eigenvalue weighted by molar-refractivity contribution is 0.388. The number of rotatable bonds is 4. The molecule has 0 spiro atoms. The van der Waals surface area contributed by atoms with Crippen molar-refractivity contribution in [3.63, 3.8) is 0 Å². The highest BCUT2D eigenvalue weighted by Crippen LogP contribution is 2.14. The van der Waals surface area contributed by atoms with Gasteiger partial charge in [-0.15, -0.1) is 0 Å². The van der Waals surface area contributed by atoms with Crippen molar-refractivity contribution >= 4 is 5.69 Å². The third kappa shape index (κ3) is 3.20. The average molecular weight is 222 g/mol. The maximum atomic E-state index is 13.3. The molecule has 1 aromatic carbocycles. The van der Waals surface area contributed by atoms with Crippen LogP contribution in [0.1, 0.15) is 25.7 Å². The third-order valence-electron chi connectivity index (χ3n) is 3.09. The first kappa shape index (κ1) is 11.4. The molecule has 1 aliphatic rings. The van der Waals surface area contributed by atoms with Gasteiger partial charge in [-0.25, -0.2) is 4.39 Å². The van der Waals surface area contributed by atoms with Crippen molar-refractivity contribution in [2.45, 2.75) is 31.7 Å². The van der Waals surface area contributed by atoms with Crippen LogP contribution in [0.15, 0.2) is 24.3 Å². The van der Waals surface area contributed by atoms with Crippen molar-refractivity contribution in [3.05, 3.63) is 30.1 Å². The van der Waals surface area contributed by atoms with Gasteiger partial charge in [-0.05, 0) is 37.9 Å². The first-order valence-electron chi connectivity index (χ1n) is 6.08. The number of para-hydroxylation sites is 1. The van der Waals surface area contributed by atoms with Crippen LogP contribution in [-0.4, -0.2) is 19.1 Å². The largest absolute Gasteiger partial charge is 0.383 e. The number of anilines is 1. The topological polar surface area (TPSA) is 24.1 Å². The maximum absolute atomic E-state index is 13.3. The molecule has 1 fully saturated rings. The van der Waals surface area contributed by atoms with Crippen LogP contribution in [-0.2, 0) is 0 Å². The molecule has 1 saturated heterocycles. The minimum absolute atomic E-state index is 0.167. The number of hydrogen-bond donors (Lipinski definition) is 2. The zero-order valence-corrected chi connectivity index (χ0v) is 9.51. The fourth-order valence-electron chi connectivity index (χ4n) is 2.16. The average Bonchev–Trinajstić information content (AvgIpc) is 2.33. The molecule has 0 amide bonds. The summed E-state index contributed by atoms with van der Waals surface area (Å²) in [5.41, 5.74) is 0.610. The molecule has 3 heteroatoms. The summed E-state index contributed by atoms with van der Waals surface area (Å²) in [5, 5.41) is 6.63. The number of piperidine rings is 1. The van der Waals surface area contributed by atoms with E-state index in [1.165, 1.54) is 25.3 Å². The summed E-state index contributed by atoms with van der Waals surface area (Å²) in [6.45, 7) is 1.96. The summed E-state index contributed by atoms with van der Waals surface area (Å²) in [5.74, 6) is -0.167. The van der Waals surface area contributed by atoms with Crippen LogP contribution in [0.3, 0.4) is 0 Å². The molecule has 2 rings (SSSR count). The van der Waals surface area contributed by atoms with Crippen LogP contribution in [0.25, 0.3) is 0 Å². The standard InChI is InChI=1S/C13H19FN2/c14-12-6-1-2-7-13(12)16-10-8-11-5-3-4-9-15-11/h1-2,6-7,11,15-16H,3-5,8-10H2. The van der Waals surface area contributed by atoms with Crippen LogP contribution < -0.4 is 10.6 Å². The number of benzene rings is 1. The Labute approximate surface area is 96.2 Å². The molecular weight excluding hydrogens is 203 g/mol. The fraction of sp³-hybridized carbons (Fsp3) is 0.538. The lowest BCUT2D eigenvalue weighted by atomic mass is 10.0. The Kier molecular flexibility index (Phi) is 4.17. The summed E-state index contributed by atoms with van der Waals surface area (Å²) >= 11 is 0. The molecule has 1 unspecified atom stereocenters. The van der Waals surface area contributed by atoms with E-state index in [0.717, 1.165) is 19.5 Å². The van der Waals surface area contributed by atoms with E-state index in [1.54, 1.807) is 12.1 Å². The molecule has 2 nitrogen and oxygen atoms in total. The summed E-state index contributed by atoms with van der Waals surface area (Å²) < 4.78 is 13.3.